The molecule has 0 saturated carbocycles. The average molecular weight is 1020 g/mol. The lowest BCUT2D eigenvalue weighted by molar-refractivity contribution is -0.303. The third kappa shape index (κ3) is 37.7. The molecule has 9 unspecified atom stereocenters. The van der Waals surface area contributed by atoms with Gasteiger partial charge < -0.3 is 50.5 Å². The van der Waals surface area contributed by atoms with Crippen molar-refractivity contribution in [1.29, 1.82) is 0 Å². The minimum atomic E-state index is -1.67. The van der Waals surface area contributed by atoms with Crippen LogP contribution < -0.4 is 5.32 Å². The molecule has 0 aromatic rings. The minimum Gasteiger partial charge on any atom is -0.394 e. The van der Waals surface area contributed by atoms with Crippen LogP contribution >= 0.6 is 0 Å². The summed E-state index contributed by atoms with van der Waals surface area (Å²) in [5.41, 5.74) is 0. The van der Waals surface area contributed by atoms with Gasteiger partial charge in [0, 0.05) is 0 Å². The SMILES string of the molecule is CCCCCCCCCC/C=C/CC/C=C/CCCC(O)C(O)C(COC1OC(CO)C(O)C(O)C1O)NC(=O)C(O)CCCCCCCCCCCCCC/C=C\C/C=C\CCCCCCCCCCC. The van der Waals surface area contributed by atoms with Crippen molar-refractivity contribution < 1.29 is 50.0 Å². The molecule has 0 aliphatic carbocycles. The maximum Gasteiger partial charge on any atom is 0.249 e. The lowest BCUT2D eigenvalue weighted by atomic mass is 9.98. The molecule has 11 heteroatoms. The fraction of sp³-hybridized carbons (Fsp3) is 0.852. The molecule has 0 aromatic heterocycles. The van der Waals surface area contributed by atoms with Crippen LogP contribution in [0.15, 0.2) is 48.6 Å². The van der Waals surface area contributed by atoms with Gasteiger partial charge in [0.25, 0.3) is 0 Å². The Morgan fingerprint density at radius 3 is 1.32 bits per heavy atom. The van der Waals surface area contributed by atoms with E-state index in [9.17, 15) is 40.5 Å². The number of carbonyl (C=O) groups excluding carboxylic acids is 1. The second kappa shape index (κ2) is 49.9. The number of rotatable bonds is 51. The zero-order chi connectivity index (χ0) is 52.5. The van der Waals surface area contributed by atoms with E-state index in [1.54, 1.807) is 0 Å². The molecule has 1 fully saturated rings. The molecule has 72 heavy (non-hydrogen) atoms. The van der Waals surface area contributed by atoms with Gasteiger partial charge in [-0.25, -0.2) is 0 Å². The zero-order valence-electron chi connectivity index (χ0n) is 46.2. The highest BCUT2D eigenvalue weighted by Gasteiger charge is 2.44. The van der Waals surface area contributed by atoms with Crippen molar-refractivity contribution in [3.8, 4) is 0 Å². The number of amides is 1. The van der Waals surface area contributed by atoms with Crippen LogP contribution in [0.1, 0.15) is 264 Å². The number of hydrogen-bond acceptors (Lipinski definition) is 10. The molecule has 1 saturated heterocycles. The largest absolute Gasteiger partial charge is 0.394 e. The van der Waals surface area contributed by atoms with Gasteiger partial charge in [0.1, 0.15) is 36.6 Å². The van der Waals surface area contributed by atoms with E-state index in [1.165, 1.54) is 173 Å². The van der Waals surface area contributed by atoms with Crippen LogP contribution in [-0.4, -0.2) is 110 Å². The number of nitrogens with one attached hydrogen (secondary N) is 1. The fourth-order valence-electron chi connectivity index (χ4n) is 9.43. The van der Waals surface area contributed by atoms with Gasteiger partial charge in [0.15, 0.2) is 6.29 Å². The van der Waals surface area contributed by atoms with Gasteiger partial charge >= 0.3 is 0 Å². The van der Waals surface area contributed by atoms with Gasteiger partial charge in [-0.05, 0) is 83.5 Å². The Balaban J connectivity index is 2.29. The third-order valence-corrected chi connectivity index (χ3v) is 14.3. The lowest BCUT2D eigenvalue weighted by Crippen LogP contribution is -2.60. The summed E-state index contributed by atoms with van der Waals surface area (Å²) in [5.74, 6) is -0.711. The highest BCUT2D eigenvalue weighted by molar-refractivity contribution is 5.80. The quantitative estimate of drug-likeness (QED) is 0.0215. The van der Waals surface area contributed by atoms with E-state index >= 15 is 0 Å². The second-order valence-corrected chi connectivity index (χ2v) is 21.0. The predicted octanol–water partition coefficient (Wildman–Crippen LogP) is 12.8. The van der Waals surface area contributed by atoms with Gasteiger partial charge in [-0.15, -0.1) is 0 Å². The van der Waals surface area contributed by atoms with Crippen molar-refractivity contribution in [2.75, 3.05) is 13.2 Å². The molecule has 422 valence electrons. The van der Waals surface area contributed by atoms with Crippen molar-refractivity contribution >= 4 is 5.91 Å². The Bertz CT molecular complexity index is 1310. The van der Waals surface area contributed by atoms with Gasteiger partial charge in [0.2, 0.25) is 5.91 Å². The molecule has 0 bridgehead atoms. The smallest absolute Gasteiger partial charge is 0.249 e. The molecule has 8 N–H and O–H groups in total. The first-order valence-electron chi connectivity index (χ1n) is 30.0. The van der Waals surface area contributed by atoms with Crippen LogP contribution in [0.25, 0.3) is 0 Å². The normalized spacial score (nSPS) is 20.4. The van der Waals surface area contributed by atoms with Crippen LogP contribution in [0.2, 0.25) is 0 Å². The number of aliphatic hydroxyl groups is 7. The Morgan fingerprint density at radius 1 is 0.486 bits per heavy atom. The number of aliphatic hydroxyl groups excluding tert-OH is 7. The highest BCUT2D eigenvalue weighted by Crippen LogP contribution is 2.23. The number of unbranched alkanes of at least 4 members (excludes halogenated alkanes) is 31. The van der Waals surface area contributed by atoms with E-state index < -0.39 is 74.2 Å². The fourth-order valence-corrected chi connectivity index (χ4v) is 9.43. The van der Waals surface area contributed by atoms with Gasteiger partial charge in [0.05, 0.1) is 25.4 Å². The molecule has 0 radical (unpaired) electrons. The first kappa shape index (κ1) is 68.1. The van der Waals surface area contributed by atoms with Gasteiger partial charge in [-0.1, -0.05) is 229 Å². The highest BCUT2D eigenvalue weighted by atomic mass is 16.7. The van der Waals surface area contributed by atoms with E-state index in [1.807, 2.05) is 0 Å². The van der Waals surface area contributed by atoms with Crippen molar-refractivity contribution in [2.24, 2.45) is 0 Å². The molecular formula is C61H113NO10. The first-order valence-corrected chi connectivity index (χ1v) is 30.0. The molecule has 1 heterocycles. The van der Waals surface area contributed by atoms with E-state index in [2.05, 4.69) is 67.8 Å². The Morgan fingerprint density at radius 2 is 0.875 bits per heavy atom. The maximum absolute atomic E-state index is 13.2. The monoisotopic (exact) mass is 1020 g/mol. The van der Waals surface area contributed by atoms with Gasteiger partial charge in [-0.3, -0.25) is 4.79 Å². The summed E-state index contributed by atoms with van der Waals surface area (Å²) in [5, 5.41) is 76.1. The van der Waals surface area contributed by atoms with Crippen LogP contribution in [0.5, 0.6) is 0 Å². The van der Waals surface area contributed by atoms with Crippen LogP contribution in [0.4, 0.5) is 0 Å². The van der Waals surface area contributed by atoms with Crippen molar-refractivity contribution in [2.45, 2.75) is 319 Å². The summed E-state index contributed by atoms with van der Waals surface area (Å²) in [6, 6.07) is -1.19. The third-order valence-electron chi connectivity index (χ3n) is 14.3. The zero-order valence-corrected chi connectivity index (χ0v) is 46.2. The van der Waals surface area contributed by atoms with Crippen molar-refractivity contribution in [3.05, 3.63) is 48.6 Å². The van der Waals surface area contributed by atoms with Crippen LogP contribution in [-0.2, 0) is 14.3 Å². The summed E-state index contributed by atoms with van der Waals surface area (Å²) in [7, 11) is 0. The van der Waals surface area contributed by atoms with E-state index in [-0.39, 0.29) is 12.8 Å². The Kier molecular flexibility index (Phi) is 47.2. The molecule has 1 amide bonds. The molecule has 1 rings (SSSR count). The van der Waals surface area contributed by atoms with E-state index in [0.29, 0.717) is 19.3 Å². The molecule has 0 spiro atoms. The number of ether oxygens (including phenoxy) is 2. The van der Waals surface area contributed by atoms with E-state index in [0.717, 1.165) is 44.9 Å². The van der Waals surface area contributed by atoms with Gasteiger partial charge in [-0.2, -0.15) is 0 Å². The summed E-state index contributed by atoms with van der Waals surface area (Å²) in [4.78, 5) is 13.2. The number of allylic oxidation sites excluding steroid dienone is 8. The topological polar surface area (TPSA) is 189 Å². The second-order valence-electron chi connectivity index (χ2n) is 21.0. The molecule has 1 aliphatic heterocycles. The summed E-state index contributed by atoms with van der Waals surface area (Å²) < 4.78 is 11.1. The minimum absolute atomic E-state index is 0.245. The summed E-state index contributed by atoms with van der Waals surface area (Å²) >= 11 is 0. The predicted molar refractivity (Wildman–Crippen MR) is 298 cm³/mol. The average Bonchev–Trinajstić information content (AvgIpc) is 3.38. The van der Waals surface area contributed by atoms with Crippen molar-refractivity contribution in [3.63, 3.8) is 0 Å². The molecular weight excluding hydrogens is 907 g/mol. The van der Waals surface area contributed by atoms with E-state index in [4.69, 9.17) is 9.47 Å². The Labute approximate surface area is 440 Å². The number of hydrogen-bond donors (Lipinski definition) is 8. The van der Waals surface area contributed by atoms with Crippen LogP contribution in [0.3, 0.4) is 0 Å². The molecule has 11 nitrogen and oxygen atoms in total. The number of carbonyl (C=O) groups is 1. The molecule has 0 aromatic carbocycles. The van der Waals surface area contributed by atoms with Crippen molar-refractivity contribution in [1.82, 2.24) is 5.32 Å². The Hall–Kier alpha value is -1.93. The summed E-state index contributed by atoms with van der Waals surface area (Å²) in [6.45, 7) is 3.44. The maximum atomic E-state index is 13.2. The van der Waals surface area contributed by atoms with Crippen LogP contribution in [0, 0.1) is 0 Å². The summed E-state index contributed by atoms with van der Waals surface area (Å²) in [6.07, 6.45) is 51.7. The molecule has 9 atom stereocenters. The molecule has 1 aliphatic rings. The standard InChI is InChI=1S/C61H113NO10/c1-3-5-7-9-11-13-15-17-19-21-22-23-24-25-26-27-28-29-30-31-33-35-37-39-41-43-45-47-49-54(65)60(70)62-52(51-71-61-59(69)58(68)57(67)55(50-63)72-61)56(66)53(64)48-46-44-42-40-38-36-34-32-20-18-16-14-12-10-8-6-4-2/h22-23,25-26,32,34,40,42,52-59,61,63-69H,3-21,24,27-31,33,35-39,41,43-51H2,1-2H3,(H,62,70)/b23-22-,26-25-,34-32+,42-40+. The first-order chi connectivity index (χ1) is 35.2. The lowest BCUT2D eigenvalue weighted by Gasteiger charge is -2.40.